The maximum Gasteiger partial charge on any atom is 0.161 e. The second-order valence-electron chi connectivity index (χ2n) is 5.12. The highest BCUT2D eigenvalue weighted by atomic mass is 17.1. The summed E-state index contributed by atoms with van der Waals surface area (Å²) >= 11 is 0. The molecule has 0 spiro atoms. The average molecular weight is 274 g/mol. The fourth-order valence-corrected chi connectivity index (χ4v) is 2.40. The maximum atomic E-state index is 9.23. The van der Waals surface area contributed by atoms with E-state index in [-0.39, 0.29) is 18.8 Å². The molecule has 0 aromatic rings. The van der Waals surface area contributed by atoms with Crippen molar-refractivity contribution < 1.29 is 29.5 Å². The van der Waals surface area contributed by atoms with E-state index in [4.69, 9.17) is 19.5 Å². The Balaban J connectivity index is 1.87. The zero-order valence-electron chi connectivity index (χ0n) is 11.2. The van der Waals surface area contributed by atoms with Gasteiger partial charge in [-0.3, -0.25) is 5.26 Å². The van der Waals surface area contributed by atoms with Crippen LogP contribution in [0.4, 0.5) is 0 Å². The van der Waals surface area contributed by atoms with Crippen molar-refractivity contribution in [2.45, 2.75) is 56.9 Å². The van der Waals surface area contributed by atoms with Crippen LogP contribution in [0, 0.1) is 0 Å². The monoisotopic (exact) mass is 274 g/mol. The molecule has 0 aromatic carbocycles. The number of rotatable bonds is 4. The van der Waals surface area contributed by atoms with Crippen molar-refractivity contribution in [3.05, 3.63) is 12.2 Å². The number of aliphatic hydroxyl groups is 1. The first-order valence-corrected chi connectivity index (χ1v) is 6.66. The van der Waals surface area contributed by atoms with E-state index >= 15 is 0 Å². The molecule has 2 unspecified atom stereocenters. The summed E-state index contributed by atoms with van der Waals surface area (Å²) in [5, 5.41) is 18.1. The van der Waals surface area contributed by atoms with E-state index in [1.54, 1.807) is 0 Å². The first kappa shape index (κ1) is 14.9. The molecule has 0 saturated carbocycles. The summed E-state index contributed by atoms with van der Waals surface area (Å²) in [6.07, 6.45) is 0.805. The van der Waals surface area contributed by atoms with E-state index in [0.29, 0.717) is 18.6 Å². The van der Waals surface area contributed by atoms with Gasteiger partial charge in [0.1, 0.15) is 12.2 Å². The van der Waals surface area contributed by atoms with Crippen LogP contribution in [0.3, 0.4) is 0 Å². The molecule has 0 aromatic heterocycles. The minimum absolute atomic E-state index is 0.0220. The Morgan fingerprint density at radius 2 is 2.21 bits per heavy atom. The second-order valence-corrected chi connectivity index (χ2v) is 5.12. The van der Waals surface area contributed by atoms with Crippen molar-refractivity contribution in [3.63, 3.8) is 0 Å². The summed E-state index contributed by atoms with van der Waals surface area (Å²) in [7, 11) is 0. The molecule has 19 heavy (non-hydrogen) atoms. The molecule has 5 atom stereocenters. The quantitative estimate of drug-likeness (QED) is 0.454. The lowest BCUT2D eigenvalue weighted by atomic mass is 9.99. The van der Waals surface area contributed by atoms with Crippen LogP contribution in [0.25, 0.3) is 0 Å². The Labute approximate surface area is 112 Å². The van der Waals surface area contributed by atoms with Gasteiger partial charge in [0.05, 0.1) is 25.4 Å². The Bertz CT molecular complexity index is 284. The number of hydrogen-bond acceptors (Lipinski definition) is 6. The summed E-state index contributed by atoms with van der Waals surface area (Å²) < 4.78 is 16.9. The van der Waals surface area contributed by atoms with Crippen molar-refractivity contribution in [3.8, 4) is 0 Å². The van der Waals surface area contributed by atoms with Gasteiger partial charge in [-0.25, -0.2) is 4.89 Å². The van der Waals surface area contributed by atoms with Gasteiger partial charge in [-0.05, 0) is 25.3 Å². The van der Waals surface area contributed by atoms with Crippen LogP contribution in [0.5, 0.6) is 0 Å². The van der Waals surface area contributed by atoms with E-state index in [0.717, 1.165) is 12.8 Å². The minimum atomic E-state index is -0.570. The van der Waals surface area contributed by atoms with Gasteiger partial charge < -0.3 is 19.3 Å². The predicted octanol–water partition coefficient (Wildman–Crippen LogP) is 1.09. The smallest absolute Gasteiger partial charge is 0.161 e. The van der Waals surface area contributed by atoms with Crippen LogP contribution >= 0.6 is 0 Å². The van der Waals surface area contributed by atoms with Gasteiger partial charge in [-0.1, -0.05) is 6.58 Å². The molecule has 2 N–H and O–H groups in total. The second kappa shape index (κ2) is 6.78. The minimum Gasteiger partial charge on any atom is -0.393 e. The maximum absolute atomic E-state index is 9.23. The Kier molecular flexibility index (Phi) is 5.32. The lowest BCUT2D eigenvalue weighted by molar-refractivity contribution is -0.309. The lowest BCUT2D eigenvalue weighted by Gasteiger charge is -2.37. The normalized spacial score (nSPS) is 40.4. The fraction of sp³-hybridized carbons (Fsp3) is 0.846. The van der Waals surface area contributed by atoms with Gasteiger partial charge in [0, 0.05) is 6.42 Å². The zero-order valence-corrected chi connectivity index (χ0v) is 11.2. The first-order chi connectivity index (χ1) is 9.13. The summed E-state index contributed by atoms with van der Waals surface area (Å²) in [6.45, 7) is 6.12. The Morgan fingerprint density at radius 3 is 2.79 bits per heavy atom. The van der Waals surface area contributed by atoms with E-state index in [1.807, 2.05) is 6.92 Å². The molecular weight excluding hydrogens is 252 g/mol. The third-order valence-corrected chi connectivity index (χ3v) is 3.65. The highest BCUT2D eigenvalue weighted by molar-refractivity contribution is 5.12. The van der Waals surface area contributed by atoms with Crippen molar-refractivity contribution in [1.29, 1.82) is 0 Å². The molecule has 6 heteroatoms. The van der Waals surface area contributed by atoms with E-state index in [9.17, 15) is 5.11 Å². The van der Waals surface area contributed by atoms with Gasteiger partial charge >= 0.3 is 0 Å². The number of ether oxygens (including phenoxy) is 3. The standard InChI is InChI=1S/C13H22O6/c1-8-3-4-10(7-16-8)17-13-5-11(19-15)9(2)12(6-14)18-13/h8,10-15H,2-7H2,1H3/t8?,10-,11+,12+,13?/m0/s1. The van der Waals surface area contributed by atoms with Crippen molar-refractivity contribution in [1.82, 2.24) is 0 Å². The van der Waals surface area contributed by atoms with Gasteiger partial charge in [0.25, 0.3) is 0 Å². The fourth-order valence-electron chi connectivity index (χ4n) is 2.40. The summed E-state index contributed by atoms with van der Waals surface area (Å²) in [5.41, 5.74) is 0.526. The Morgan fingerprint density at radius 1 is 1.42 bits per heavy atom. The summed E-state index contributed by atoms with van der Waals surface area (Å²) in [6, 6.07) is 0. The topological polar surface area (TPSA) is 77.4 Å². The van der Waals surface area contributed by atoms with Crippen LogP contribution in [-0.4, -0.2) is 54.3 Å². The number of aliphatic hydroxyl groups excluding tert-OH is 1. The molecule has 0 radical (unpaired) electrons. The van der Waals surface area contributed by atoms with Crippen LogP contribution in [0.1, 0.15) is 26.2 Å². The van der Waals surface area contributed by atoms with Gasteiger partial charge in [0.2, 0.25) is 0 Å². The van der Waals surface area contributed by atoms with Crippen LogP contribution in [0.2, 0.25) is 0 Å². The third kappa shape index (κ3) is 3.75. The molecule has 0 bridgehead atoms. The highest BCUT2D eigenvalue weighted by Crippen LogP contribution is 2.28. The molecule has 2 aliphatic heterocycles. The van der Waals surface area contributed by atoms with E-state index in [1.165, 1.54) is 0 Å². The molecule has 110 valence electrons. The number of hydrogen-bond donors (Lipinski definition) is 2. The molecule has 2 aliphatic rings. The zero-order chi connectivity index (χ0) is 13.8. The van der Waals surface area contributed by atoms with E-state index in [2.05, 4.69) is 11.5 Å². The lowest BCUT2D eigenvalue weighted by Crippen LogP contribution is -2.44. The molecule has 0 amide bonds. The van der Waals surface area contributed by atoms with Crippen molar-refractivity contribution in [2.75, 3.05) is 13.2 Å². The van der Waals surface area contributed by atoms with Gasteiger partial charge in [-0.2, -0.15) is 0 Å². The predicted molar refractivity (Wildman–Crippen MR) is 66.5 cm³/mol. The van der Waals surface area contributed by atoms with E-state index < -0.39 is 18.5 Å². The van der Waals surface area contributed by atoms with Gasteiger partial charge in [0.15, 0.2) is 6.29 Å². The summed E-state index contributed by atoms with van der Waals surface area (Å²) in [4.78, 5) is 4.37. The SMILES string of the molecule is C=C1[C@H](OO)CC(O[C@H]2CCC(C)OC2)O[C@@H]1CO. The summed E-state index contributed by atoms with van der Waals surface area (Å²) in [5.74, 6) is 0. The van der Waals surface area contributed by atoms with Crippen LogP contribution in [0.15, 0.2) is 12.2 Å². The molecular formula is C13H22O6. The van der Waals surface area contributed by atoms with Gasteiger partial charge in [-0.15, -0.1) is 0 Å². The Hall–Kier alpha value is -0.500. The molecule has 2 rings (SSSR count). The molecule has 2 heterocycles. The first-order valence-electron chi connectivity index (χ1n) is 6.66. The highest BCUT2D eigenvalue weighted by Gasteiger charge is 2.35. The molecule has 2 fully saturated rings. The molecule has 6 nitrogen and oxygen atoms in total. The van der Waals surface area contributed by atoms with Crippen LogP contribution in [-0.2, 0) is 19.1 Å². The van der Waals surface area contributed by atoms with Crippen molar-refractivity contribution >= 4 is 0 Å². The average Bonchev–Trinajstić information content (AvgIpc) is 2.43. The third-order valence-electron chi connectivity index (χ3n) is 3.65. The molecule has 2 saturated heterocycles. The van der Waals surface area contributed by atoms with Crippen LogP contribution < -0.4 is 0 Å². The van der Waals surface area contributed by atoms with Crippen molar-refractivity contribution in [2.24, 2.45) is 0 Å². The molecule has 0 aliphatic carbocycles. The largest absolute Gasteiger partial charge is 0.393 e.